The van der Waals surface area contributed by atoms with Crippen LogP contribution in [0.4, 0.5) is 13.2 Å². The molecule has 0 saturated heterocycles. The Morgan fingerprint density at radius 2 is 1.94 bits per heavy atom. The summed E-state index contributed by atoms with van der Waals surface area (Å²) in [6.45, 7) is 2.02. The predicted molar refractivity (Wildman–Crippen MR) is 109 cm³/mol. The average molecular weight is 443 g/mol. The molecule has 5 rings (SSSR count). The lowest BCUT2D eigenvalue weighted by atomic mass is 10.1. The highest BCUT2D eigenvalue weighted by atomic mass is 19.4. The van der Waals surface area contributed by atoms with E-state index >= 15 is 0 Å². The van der Waals surface area contributed by atoms with E-state index in [-0.39, 0.29) is 30.3 Å². The highest BCUT2D eigenvalue weighted by molar-refractivity contribution is 5.95. The standard InChI is InChI=1S/C23H20F3N3O3/c1-13(15-7-8-19-20(9-15)32-12-31-19)28-22(30)18-11-27-29(21(18)14-5-6-14)17-4-2-3-16(10-17)23(24,25)26/h2-4,7-11,13-14H,5-6,12H2,1H3,(H,28,30). The summed E-state index contributed by atoms with van der Waals surface area (Å²) in [6, 6.07) is 10.1. The largest absolute Gasteiger partial charge is 0.454 e. The number of rotatable bonds is 5. The first kappa shape index (κ1) is 20.4. The van der Waals surface area contributed by atoms with E-state index in [1.54, 1.807) is 12.1 Å². The van der Waals surface area contributed by atoms with Crippen LogP contribution in [0, 0.1) is 0 Å². The number of amides is 1. The molecule has 1 unspecified atom stereocenters. The number of fused-ring (bicyclic) bond motifs is 1. The zero-order valence-electron chi connectivity index (χ0n) is 17.1. The van der Waals surface area contributed by atoms with Gasteiger partial charge in [0.15, 0.2) is 11.5 Å². The van der Waals surface area contributed by atoms with Crippen LogP contribution in [0.15, 0.2) is 48.7 Å². The number of carbonyl (C=O) groups is 1. The summed E-state index contributed by atoms with van der Waals surface area (Å²) in [7, 11) is 0. The maximum Gasteiger partial charge on any atom is 0.416 e. The van der Waals surface area contributed by atoms with Crippen LogP contribution in [0.3, 0.4) is 0 Å². The van der Waals surface area contributed by atoms with E-state index in [9.17, 15) is 18.0 Å². The van der Waals surface area contributed by atoms with Crippen molar-refractivity contribution in [3.05, 3.63) is 71.0 Å². The number of benzene rings is 2. The van der Waals surface area contributed by atoms with Gasteiger partial charge in [-0.15, -0.1) is 0 Å². The van der Waals surface area contributed by atoms with Crippen LogP contribution in [0.1, 0.15) is 58.9 Å². The van der Waals surface area contributed by atoms with Crippen LogP contribution in [-0.4, -0.2) is 22.5 Å². The van der Waals surface area contributed by atoms with Crippen molar-refractivity contribution in [1.82, 2.24) is 15.1 Å². The molecular weight excluding hydrogens is 423 g/mol. The Bertz CT molecular complexity index is 1180. The maximum atomic E-state index is 13.2. The lowest BCUT2D eigenvalue weighted by Crippen LogP contribution is -2.27. The number of halogens is 3. The average Bonchev–Trinajstić information content (AvgIpc) is 3.32. The summed E-state index contributed by atoms with van der Waals surface area (Å²) >= 11 is 0. The molecule has 2 heterocycles. The van der Waals surface area contributed by atoms with E-state index in [0.717, 1.165) is 30.5 Å². The van der Waals surface area contributed by atoms with Crippen LogP contribution in [0.25, 0.3) is 5.69 Å². The molecule has 9 heteroatoms. The Morgan fingerprint density at radius 3 is 2.69 bits per heavy atom. The van der Waals surface area contributed by atoms with Gasteiger partial charge in [0.25, 0.3) is 5.91 Å². The predicted octanol–water partition coefficient (Wildman–Crippen LogP) is 4.99. The number of ether oxygens (including phenoxy) is 2. The molecule has 1 aliphatic heterocycles. The number of hydrogen-bond acceptors (Lipinski definition) is 4. The summed E-state index contributed by atoms with van der Waals surface area (Å²) in [6.07, 6.45) is -1.30. The van der Waals surface area contributed by atoms with Crippen LogP contribution in [-0.2, 0) is 6.18 Å². The fourth-order valence-electron chi connectivity index (χ4n) is 3.84. The van der Waals surface area contributed by atoms with Crippen LogP contribution >= 0.6 is 0 Å². The van der Waals surface area contributed by atoms with Gasteiger partial charge in [-0.25, -0.2) is 4.68 Å². The molecule has 1 atom stereocenters. The zero-order chi connectivity index (χ0) is 22.5. The lowest BCUT2D eigenvalue weighted by molar-refractivity contribution is -0.137. The molecule has 1 saturated carbocycles. The Kier molecular flexibility index (Phi) is 4.83. The molecule has 2 aromatic carbocycles. The number of nitrogens with one attached hydrogen (secondary N) is 1. The van der Waals surface area contributed by atoms with Crippen molar-refractivity contribution in [2.75, 3.05) is 6.79 Å². The van der Waals surface area contributed by atoms with Crippen LogP contribution < -0.4 is 14.8 Å². The first-order chi connectivity index (χ1) is 15.3. The van der Waals surface area contributed by atoms with Crippen molar-refractivity contribution in [1.29, 1.82) is 0 Å². The smallest absolute Gasteiger partial charge is 0.416 e. The maximum absolute atomic E-state index is 13.2. The normalized spacial score (nSPS) is 16.1. The first-order valence-corrected chi connectivity index (χ1v) is 10.3. The second-order valence-electron chi connectivity index (χ2n) is 7.99. The van der Waals surface area contributed by atoms with E-state index in [2.05, 4.69) is 10.4 Å². The van der Waals surface area contributed by atoms with Gasteiger partial charge in [-0.1, -0.05) is 12.1 Å². The Balaban J connectivity index is 1.42. The topological polar surface area (TPSA) is 65.4 Å². The summed E-state index contributed by atoms with van der Waals surface area (Å²) in [4.78, 5) is 13.1. The van der Waals surface area contributed by atoms with Crippen molar-refractivity contribution in [2.24, 2.45) is 0 Å². The molecule has 166 valence electrons. The highest BCUT2D eigenvalue weighted by Gasteiger charge is 2.35. The van der Waals surface area contributed by atoms with Gasteiger partial charge in [-0.2, -0.15) is 18.3 Å². The van der Waals surface area contributed by atoms with Crippen molar-refractivity contribution in [3.63, 3.8) is 0 Å². The van der Waals surface area contributed by atoms with Crippen LogP contribution in [0.2, 0.25) is 0 Å². The Hall–Kier alpha value is -3.49. The minimum Gasteiger partial charge on any atom is -0.454 e. The molecule has 0 bridgehead atoms. The molecule has 1 aromatic heterocycles. The van der Waals surface area contributed by atoms with Gasteiger partial charge in [0.05, 0.1) is 34.7 Å². The minimum atomic E-state index is -4.46. The third-order valence-corrected chi connectivity index (χ3v) is 5.68. The lowest BCUT2D eigenvalue weighted by Gasteiger charge is -2.16. The van der Waals surface area contributed by atoms with E-state index in [4.69, 9.17) is 9.47 Å². The van der Waals surface area contributed by atoms with Gasteiger partial charge < -0.3 is 14.8 Å². The molecule has 1 aliphatic carbocycles. The molecule has 32 heavy (non-hydrogen) atoms. The molecule has 6 nitrogen and oxygen atoms in total. The third kappa shape index (κ3) is 3.79. The van der Waals surface area contributed by atoms with Crippen molar-refractivity contribution in [2.45, 2.75) is 37.9 Å². The SMILES string of the molecule is CC(NC(=O)c1cnn(-c2cccc(C(F)(F)F)c2)c1C1CC1)c1ccc2c(c1)OCO2. The minimum absolute atomic E-state index is 0.0913. The van der Waals surface area contributed by atoms with E-state index in [0.29, 0.717) is 22.8 Å². The van der Waals surface area contributed by atoms with Gasteiger partial charge in [0.2, 0.25) is 6.79 Å². The molecule has 0 spiro atoms. The zero-order valence-corrected chi connectivity index (χ0v) is 17.1. The van der Waals surface area contributed by atoms with Gasteiger partial charge >= 0.3 is 6.18 Å². The molecule has 1 fully saturated rings. The van der Waals surface area contributed by atoms with Gasteiger partial charge in [0.1, 0.15) is 0 Å². The molecule has 2 aliphatic rings. The second kappa shape index (κ2) is 7.58. The summed E-state index contributed by atoms with van der Waals surface area (Å²) in [5.41, 5.74) is 1.39. The molecule has 1 N–H and O–H groups in total. The van der Waals surface area contributed by atoms with E-state index < -0.39 is 11.7 Å². The summed E-state index contributed by atoms with van der Waals surface area (Å²) < 4.78 is 51.7. The summed E-state index contributed by atoms with van der Waals surface area (Å²) in [5, 5.41) is 7.23. The van der Waals surface area contributed by atoms with Crippen LogP contribution in [0.5, 0.6) is 11.5 Å². The fraction of sp³-hybridized carbons (Fsp3) is 0.304. The number of nitrogens with zero attached hydrogens (tertiary/aromatic N) is 2. The van der Waals surface area contributed by atoms with E-state index in [1.165, 1.54) is 16.9 Å². The molecule has 0 radical (unpaired) electrons. The quantitative estimate of drug-likeness (QED) is 0.604. The first-order valence-electron chi connectivity index (χ1n) is 10.3. The molecule has 3 aromatic rings. The van der Waals surface area contributed by atoms with Crippen molar-refractivity contribution >= 4 is 5.91 Å². The van der Waals surface area contributed by atoms with Crippen molar-refractivity contribution < 1.29 is 27.4 Å². The number of alkyl halides is 3. The molecular formula is C23H20F3N3O3. The fourth-order valence-corrected chi connectivity index (χ4v) is 3.84. The van der Waals surface area contributed by atoms with Gasteiger partial charge in [-0.05, 0) is 55.7 Å². The molecule has 1 amide bonds. The number of carbonyl (C=O) groups excluding carboxylic acids is 1. The van der Waals surface area contributed by atoms with Crippen molar-refractivity contribution in [3.8, 4) is 17.2 Å². The Labute approximate surface area is 181 Å². The second-order valence-corrected chi connectivity index (χ2v) is 7.99. The Morgan fingerprint density at radius 1 is 1.16 bits per heavy atom. The van der Waals surface area contributed by atoms with Gasteiger partial charge in [-0.3, -0.25) is 4.79 Å². The monoisotopic (exact) mass is 443 g/mol. The third-order valence-electron chi connectivity index (χ3n) is 5.68. The number of aromatic nitrogens is 2. The number of hydrogen-bond donors (Lipinski definition) is 1. The summed E-state index contributed by atoms with van der Waals surface area (Å²) in [5.74, 6) is 1.05. The highest BCUT2D eigenvalue weighted by Crippen LogP contribution is 2.43. The van der Waals surface area contributed by atoms with E-state index in [1.807, 2.05) is 19.1 Å². The van der Waals surface area contributed by atoms with Gasteiger partial charge in [0, 0.05) is 5.92 Å².